The highest BCUT2D eigenvalue weighted by atomic mass is 16.5. The Hall–Kier alpha value is -1.03. The molecule has 1 aromatic rings. The van der Waals surface area contributed by atoms with E-state index >= 15 is 0 Å². The minimum absolute atomic E-state index is 0.218. The summed E-state index contributed by atoms with van der Waals surface area (Å²) >= 11 is 0. The molecule has 0 atom stereocenters. The standard InChI is InChI=1S/C8H15N3O/c1-6(2)12-5-11-4-7(3)8(9)10-11/h4,6H,5H2,1-3H3,(H2,9,10). The second-order valence-electron chi connectivity index (χ2n) is 3.08. The molecule has 2 N–H and O–H groups in total. The van der Waals surface area contributed by atoms with Gasteiger partial charge in [0.15, 0.2) is 0 Å². The number of hydrogen-bond donors (Lipinski definition) is 1. The Kier molecular flexibility index (Phi) is 2.70. The van der Waals surface area contributed by atoms with E-state index in [1.807, 2.05) is 27.0 Å². The average Bonchev–Trinajstić information content (AvgIpc) is 2.28. The zero-order valence-corrected chi connectivity index (χ0v) is 7.74. The van der Waals surface area contributed by atoms with Gasteiger partial charge in [-0.25, -0.2) is 4.68 Å². The zero-order valence-electron chi connectivity index (χ0n) is 7.74. The number of rotatable bonds is 3. The van der Waals surface area contributed by atoms with E-state index in [-0.39, 0.29) is 6.10 Å². The second-order valence-corrected chi connectivity index (χ2v) is 3.08. The molecule has 4 heteroatoms. The minimum Gasteiger partial charge on any atom is -0.382 e. The Labute approximate surface area is 72.3 Å². The maximum atomic E-state index is 5.56. The van der Waals surface area contributed by atoms with Gasteiger partial charge in [0.05, 0.1) is 6.10 Å². The maximum absolute atomic E-state index is 5.56. The van der Waals surface area contributed by atoms with Gasteiger partial charge < -0.3 is 10.5 Å². The van der Waals surface area contributed by atoms with Gasteiger partial charge in [-0.05, 0) is 20.8 Å². The molecule has 1 rings (SSSR count). The summed E-state index contributed by atoms with van der Waals surface area (Å²) in [5, 5.41) is 4.05. The molecule has 68 valence electrons. The second kappa shape index (κ2) is 3.58. The van der Waals surface area contributed by atoms with Crippen LogP contribution in [0.5, 0.6) is 0 Å². The fraction of sp³-hybridized carbons (Fsp3) is 0.625. The third-order valence-corrected chi connectivity index (χ3v) is 1.52. The number of nitrogen functional groups attached to an aromatic ring is 1. The van der Waals surface area contributed by atoms with Crippen molar-refractivity contribution in [1.82, 2.24) is 9.78 Å². The number of hydrogen-bond acceptors (Lipinski definition) is 3. The maximum Gasteiger partial charge on any atom is 0.148 e. The molecule has 0 unspecified atom stereocenters. The molecule has 0 spiro atoms. The van der Waals surface area contributed by atoms with Crippen LogP contribution in [0, 0.1) is 6.92 Å². The lowest BCUT2D eigenvalue weighted by molar-refractivity contribution is 0.0222. The first-order valence-electron chi connectivity index (χ1n) is 4.00. The van der Waals surface area contributed by atoms with Gasteiger partial charge in [0, 0.05) is 11.8 Å². The molecule has 0 saturated carbocycles. The molecule has 0 bridgehead atoms. The van der Waals surface area contributed by atoms with E-state index in [1.165, 1.54) is 0 Å². The number of anilines is 1. The van der Waals surface area contributed by atoms with Crippen molar-refractivity contribution in [2.75, 3.05) is 5.73 Å². The Bertz CT molecular complexity index is 235. The fourth-order valence-electron chi connectivity index (χ4n) is 0.827. The van der Waals surface area contributed by atoms with Crippen LogP contribution in [0.4, 0.5) is 5.82 Å². The summed E-state index contributed by atoms with van der Waals surface area (Å²) in [6.07, 6.45) is 2.09. The van der Waals surface area contributed by atoms with Gasteiger partial charge in [0.1, 0.15) is 12.5 Å². The summed E-state index contributed by atoms with van der Waals surface area (Å²) in [5.41, 5.74) is 6.55. The summed E-state index contributed by atoms with van der Waals surface area (Å²) in [6.45, 7) is 6.36. The van der Waals surface area contributed by atoms with Crippen LogP contribution in [0.15, 0.2) is 6.20 Å². The first-order chi connectivity index (χ1) is 5.59. The number of aryl methyl sites for hydroxylation is 1. The van der Waals surface area contributed by atoms with Crippen LogP contribution in [0.25, 0.3) is 0 Å². The number of nitrogens with two attached hydrogens (primary N) is 1. The molecule has 0 aromatic carbocycles. The molecule has 0 aliphatic rings. The van der Waals surface area contributed by atoms with Crippen LogP contribution >= 0.6 is 0 Å². The zero-order chi connectivity index (χ0) is 9.14. The van der Waals surface area contributed by atoms with E-state index in [9.17, 15) is 0 Å². The van der Waals surface area contributed by atoms with Crippen LogP contribution in [0.2, 0.25) is 0 Å². The smallest absolute Gasteiger partial charge is 0.148 e. The van der Waals surface area contributed by atoms with Crippen molar-refractivity contribution in [3.05, 3.63) is 11.8 Å². The molecule has 1 heterocycles. The normalized spacial score (nSPS) is 11.0. The van der Waals surface area contributed by atoms with Crippen molar-refractivity contribution in [3.8, 4) is 0 Å². The van der Waals surface area contributed by atoms with Gasteiger partial charge in [-0.2, -0.15) is 5.10 Å². The third-order valence-electron chi connectivity index (χ3n) is 1.52. The topological polar surface area (TPSA) is 53.1 Å². The molecule has 0 aliphatic carbocycles. The Morgan fingerprint density at radius 3 is 2.75 bits per heavy atom. The van der Waals surface area contributed by atoms with Gasteiger partial charge in [-0.1, -0.05) is 0 Å². The van der Waals surface area contributed by atoms with Crippen LogP contribution < -0.4 is 5.73 Å². The van der Waals surface area contributed by atoms with Crippen molar-refractivity contribution < 1.29 is 4.74 Å². The van der Waals surface area contributed by atoms with E-state index < -0.39 is 0 Å². The Balaban J connectivity index is 2.53. The third kappa shape index (κ3) is 2.23. The lowest BCUT2D eigenvalue weighted by Crippen LogP contribution is -2.08. The van der Waals surface area contributed by atoms with Crippen molar-refractivity contribution in [2.45, 2.75) is 33.6 Å². The highest BCUT2D eigenvalue weighted by molar-refractivity contribution is 5.35. The summed E-state index contributed by atoms with van der Waals surface area (Å²) < 4.78 is 7.04. The van der Waals surface area contributed by atoms with E-state index in [0.29, 0.717) is 12.5 Å². The van der Waals surface area contributed by atoms with Crippen molar-refractivity contribution in [3.63, 3.8) is 0 Å². The van der Waals surface area contributed by atoms with Crippen LogP contribution in [-0.2, 0) is 11.5 Å². The van der Waals surface area contributed by atoms with Crippen LogP contribution in [0.3, 0.4) is 0 Å². The highest BCUT2D eigenvalue weighted by Crippen LogP contribution is 2.06. The average molecular weight is 169 g/mol. The van der Waals surface area contributed by atoms with E-state index in [1.54, 1.807) is 4.68 Å². The van der Waals surface area contributed by atoms with E-state index in [4.69, 9.17) is 10.5 Å². The van der Waals surface area contributed by atoms with Crippen molar-refractivity contribution >= 4 is 5.82 Å². The number of ether oxygens (including phenoxy) is 1. The molecule has 12 heavy (non-hydrogen) atoms. The first kappa shape index (κ1) is 9.06. The molecular weight excluding hydrogens is 154 g/mol. The Morgan fingerprint density at radius 2 is 2.33 bits per heavy atom. The molecule has 4 nitrogen and oxygen atoms in total. The van der Waals surface area contributed by atoms with E-state index in [2.05, 4.69) is 5.10 Å². The van der Waals surface area contributed by atoms with Gasteiger partial charge in [0.25, 0.3) is 0 Å². The number of nitrogens with zero attached hydrogens (tertiary/aromatic N) is 2. The van der Waals surface area contributed by atoms with Crippen LogP contribution in [-0.4, -0.2) is 15.9 Å². The van der Waals surface area contributed by atoms with Crippen LogP contribution in [0.1, 0.15) is 19.4 Å². The number of aromatic nitrogens is 2. The lowest BCUT2D eigenvalue weighted by atomic mass is 10.4. The molecule has 0 saturated heterocycles. The summed E-state index contributed by atoms with van der Waals surface area (Å²) in [4.78, 5) is 0. The van der Waals surface area contributed by atoms with Gasteiger partial charge in [-0.3, -0.25) is 0 Å². The predicted molar refractivity (Wildman–Crippen MR) is 47.6 cm³/mol. The molecule has 1 aromatic heterocycles. The molecule has 0 radical (unpaired) electrons. The van der Waals surface area contributed by atoms with Gasteiger partial charge in [0.2, 0.25) is 0 Å². The predicted octanol–water partition coefficient (Wildman–Crippen LogP) is 1.16. The fourth-order valence-corrected chi connectivity index (χ4v) is 0.827. The Morgan fingerprint density at radius 1 is 1.67 bits per heavy atom. The molecular formula is C8H15N3O. The summed E-state index contributed by atoms with van der Waals surface area (Å²) in [6, 6.07) is 0. The first-order valence-corrected chi connectivity index (χ1v) is 4.00. The molecule has 0 aliphatic heterocycles. The molecule has 0 fully saturated rings. The lowest BCUT2D eigenvalue weighted by Gasteiger charge is -2.06. The monoisotopic (exact) mass is 169 g/mol. The minimum atomic E-state index is 0.218. The van der Waals surface area contributed by atoms with Crippen molar-refractivity contribution in [2.24, 2.45) is 0 Å². The summed E-state index contributed by atoms with van der Waals surface area (Å²) in [7, 11) is 0. The van der Waals surface area contributed by atoms with E-state index in [0.717, 1.165) is 5.56 Å². The van der Waals surface area contributed by atoms with Crippen molar-refractivity contribution in [1.29, 1.82) is 0 Å². The quantitative estimate of drug-likeness (QED) is 0.738. The van der Waals surface area contributed by atoms with Gasteiger partial charge >= 0.3 is 0 Å². The summed E-state index contributed by atoms with van der Waals surface area (Å²) in [5.74, 6) is 0.572. The SMILES string of the molecule is Cc1cn(COC(C)C)nc1N. The largest absolute Gasteiger partial charge is 0.382 e. The highest BCUT2D eigenvalue weighted by Gasteiger charge is 2.00. The van der Waals surface area contributed by atoms with Gasteiger partial charge in [-0.15, -0.1) is 0 Å². The molecule has 0 amide bonds.